The van der Waals surface area contributed by atoms with Gasteiger partial charge in [0.05, 0.1) is 5.69 Å². The Labute approximate surface area is 187 Å². The van der Waals surface area contributed by atoms with E-state index in [1.807, 2.05) is 89.8 Å². The van der Waals surface area contributed by atoms with E-state index >= 15 is 0 Å². The molecule has 0 spiro atoms. The summed E-state index contributed by atoms with van der Waals surface area (Å²) >= 11 is 1.71. The molecule has 2 amide bonds. The zero-order chi connectivity index (χ0) is 22.0. The normalized spacial score (nSPS) is 14.8. The molecular weight excluding hydrogens is 408 g/mol. The Morgan fingerprint density at radius 3 is 2.29 bits per heavy atom. The first-order valence-electron chi connectivity index (χ1n) is 10.6. The van der Waals surface area contributed by atoms with E-state index in [9.17, 15) is 9.59 Å². The number of pyridine rings is 1. The summed E-state index contributed by atoms with van der Waals surface area (Å²) in [6.07, 6.45) is 4.04. The van der Waals surface area contributed by atoms with Crippen LogP contribution in [0.2, 0.25) is 0 Å². The summed E-state index contributed by atoms with van der Waals surface area (Å²) in [5.41, 5.74) is 2.28. The average molecular weight is 437 g/mol. The van der Waals surface area contributed by atoms with Crippen molar-refractivity contribution < 1.29 is 9.59 Å². The molecule has 7 heteroatoms. The second-order valence-corrected chi connectivity index (χ2v) is 9.89. The molecule has 2 aromatic heterocycles. The van der Waals surface area contributed by atoms with Gasteiger partial charge in [0.1, 0.15) is 5.65 Å². The largest absolute Gasteiger partial charge is 0.339 e. The quantitative estimate of drug-likeness (QED) is 0.581. The molecule has 1 aliphatic heterocycles. The third-order valence-corrected chi connectivity index (χ3v) is 6.44. The molecule has 1 fully saturated rings. The van der Waals surface area contributed by atoms with Crippen molar-refractivity contribution in [3.8, 4) is 0 Å². The fourth-order valence-electron chi connectivity index (χ4n) is 3.68. The van der Waals surface area contributed by atoms with E-state index in [-0.39, 0.29) is 17.2 Å². The van der Waals surface area contributed by atoms with Gasteiger partial charge in [-0.3, -0.25) is 9.59 Å². The molecule has 0 radical (unpaired) electrons. The topological polar surface area (TPSA) is 57.9 Å². The monoisotopic (exact) mass is 436 g/mol. The molecule has 6 nitrogen and oxygen atoms in total. The Bertz CT molecular complexity index is 1040. The number of benzene rings is 1. The number of hydrogen-bond acceptors (Lipinski definition) is 4. The zero-order valence-corrected chi connectivity index (χ0v) is 19.1. The lowest BCUT2D eigenvalue weighted by molar-refractivity contribution is -0.140. The van der Waals surface area contributed by atoms with Crippen LogP contribution < -0.4 is 0 Å². The van der Waals surface area contributed by atoms with Crippen LogP contribution in [0, 0.1) is 5.41 Å². The minimum atomic E-state index is -0.386. The molecule has 1 saturated heterocycles. The van der Waals surface area contributed by atoms with Gasteiger partial charge in [0.15, 0.2) is 0 Å². The van der Waals surface area contributed by atoms with Gasteiger partial charge >= 0.3 is 0 Å². The maximum Gasteiger partial charge on any atom is 0.253 e. The van der Waals surface area contributed by atoms with Crippen LogP contribution in [0.1, 0.15) is 36.8 Å². The second-order valence-electron chi connectivity index (χ2n) is 8.85. The summed E-state index contributed by atoms with van der Waals surface area (Å²) in [5, 5.41) is 0. The van der Waals surface area contributed by atoms with Crippen LogP contribution in [-0.4, -0.2) is 57.2 Å². The van der Waals surface area contributed by atoms with E-state index in [4.69, 9.17) is 0 Å². The van der Waals surface area contributed by atoms with Gasteiger partial charge in [0.2, 0.25) is 5.91 Å². The molecule has 3 aromatic rings. The molecule has 0 unspecified atom stereocenters. The fourth-order valence-corrected chi connectivity index (χ4v) is 4.46. The highest BCUT2D eigenvalue weighted by Crippen LogP contribution is 2.24. The van der Waals surface area contributed by atoms with Crippen LogP contribution in [0.15, 0.2) is 59.8 Å². The predicted molar refractivity (Wildman–Crippen MR) is 123 cm³/mol. The van der Waals surface area contributed by atoms with E-state index in [2.05, 4.69) is 4.98 Å². The van der Waals surface area contributed by atoms with Crippen LogP contribution >= 0.6 is 11.8 Å². The highest BCUT2D eigenvalue weighted by atomic mass is 32.2. The maximum atomic E-state index is 12.9. The Kier molecular flexibility index (Phi) is 6.05. The van der Waals surface area contributed by atoms with Crippen molar-refractivity contribution in [3.63, 3.8) is 0 Å². The lowest BCUT2D eigenvalue weighted by Gasteiger charge is -2.37. The third-order valence-electron chi connectivity index (χ3n) is 5.40. The van der Waals surface area contributed by atoms with Crippen molar-refractivity contribution >= 4 is 29.2 Å². The SMILES string of the molecule is CC(C)(C)C(=O)N1CCN(C(=O)c2ccc(SCc3cn4ccccc4n3)cc2)CC1. The summed E-state index contributed by atoms with van der Waals surface area (Å²) in [5.74, 6) is 0.949. The van der Waals surface area contributed by atoms with Gasteiger partial charge in [-0.2, -0.15) is 0 Å². The fraction of sp³-hybridized carbons (Fsp3) is 0.375. The van der Waals surface area contributed by atoms with E-state index in [0.29, 0.717) is 31.7 Å². The van der Waals surface area contributed by atoms with E-state index in [1.165, 1.54) is 0 Å². The number of fused-ring (bicyclic) bond motifs is 1. The van der Waals surface area contributed by atoms with E-state index < -0.39 is 0 Å². The molecule has 1 aromatic carbocycles. The van der Waals surface area contributed by atoms with Gasteiger partial charge < -0.3 is 14.2 Å². The Morgan fingerprint density at radius 2 is 1.65 bits per heavy atom. The molecule has 0 bridgehead atoms. The van der Waals surface area contributed by atoms with Crippen LogP contribution in [0.3, 0.4) is 0 Å². The molecule has 1 aliphatic rings. The van der Waals surface area contributed by atoms with Gasteiger partial charge in [-0.25, -0.2) is 4.98 Å². The van der Waals surface area contributed by atoms with Crippen molar-refractivity contribution in [2.45, 2.75) is 31.4 Å². The van der Waals surface area contributed by atoms with Crippen molar-refractivity contribution in [1.82, 2.24) is 19.2 Å². The van der Waals surface area contributed by atoms with Crippen molar-refractivity contribution in [1.29, 1.82) is 0 Å². The minimum absolute atomic E-state index is 0.0276. The summed E-state index contributed by atoms with van der Waals surface area (Å²) in [7, 11) is 0. The van der Waals surface area contributed by atoms with Crippen LogP contribution in [0.5, 0.6) is 0 Å². The zero-order valence-electron chi connectivity index (χ0n) is 18.2. The highest BCUT2D eigenvalue weighted by Gasteiger charge is 2.31. The van der Waals surface area contributed by atoms with E-state index in [0.717, 1.165) is 22.0 Å². The Morgan fingerprint density at radius 1 is 0.968 bits per heavy atom. The van der Waals surface area contributed by atoms with Crippen LogP contribution in [-0.2, 0) is 10.5 Å². The predicted octanol–water partition coefficient (Wildman–Crippen LogP) is 3.96. The number of carbonyl (C=O) groups is 2. The smallest absolute Gasteiger partial charge is 0.253 e. The molecule has 4 rings (SSSR count). The number of carbonyl (C=O) groups excluding carboxylic acids is 2. The molecule has 162 valence electrons. The van der Waals surface area contributed by atoms with Crippen molar-refractivity contribution in [3.05, 3.63) is 66.1 Å². The molecule has 0 atom stereocenters. The second kappa shape index (κ2) is 8.75. The molecule has 0 aliphatic carbocycles. The van der Waals surface area contributed by atoms with Gasteiger partial charge in [-0.05, 0) is 36.4 Å². The van der Waals surface area contributed by atoms with Gasteiger partial charge in [0.25, 0.3) is 5.91 Å². The number of nitrogens with zero attached hydrogens (tertiary/aromatic N) is 4. The lowest BCUT2D eigenvalue weighted by atomic mass is 9.94. The average Bonchev–Trinajstić information content (AvgIpc) is 3.19. The number of imidazole rings is 1. The Balaban J connectivity index is 1.31. The first-order valence-corrected chi connectivity index (χ1v) is 11.5. The summed E-state index contributed by atoms with van der Waals surface area (Å²) in [4.78, 5) is 34.7. The molecular formula is C24H28N4O2S. The number of thioether (sulfide) groups is 1. The minimum Gasteiger partial charge on any atom is -0.339 e. The van der Waals surface area contributed by atoms with E-state index in [1.54, 1.807) is 11.8 Å². The number of amides is 2. The Hall–Kier alpha value is -2.80. The van der Waals surface area contributed by atoms with Gasteiger partial charge in [-0.15, -0.1) is 11.8 Å². The summed E-state index contributed by atoms with van der Waals surface area (Å²) in [6, 6.07) is 13.7. The number of rotatable bonds is 4. The van der Waals surface area contributed by atoms with Gasteiger partial charge in [0, 0.05) is 60.2 Å². The first-order chi connectivity index (χ1) is 14.8. The number of hydrogen-bond donors (Lipinski definition) is 0. The van der Waals surface area contributed by atoms with Gasteiger partial charge in [-0.1, -0.05) is 26.8 Å². The number of piperazine rings is 1. The van der Waals surface area contributed by atoms with Crippen LogP contribution in [0.4, 0.5) is 0 Å². The standard InChI is InChI=1S/C24H28N4O2S/c1-24(2,3)23(30)27-14-12-26(13-15-27)22(29)18-7-9-20(10-8-18)31-17-19-16-28-11-5-4-6-21(28)25-19/h4-11,16H,12-15,17H2,1-3H3. The molecule has 31 heavy (non-hydrogen) atoms. The maximum absolute atomic E-state index is 12.9. The highest BCUT2D eigenvalue weighted by molar-refractivity contribution is 7.98. The molecule has 0 saturated carbocycles. The van der Waals surface area contributed by atoms with Crippen LogP contribution in [0.25, 0.3) is 5.65 Å². The third kappa shape index (κ3) is 4.93. The first kappa shape index (κ1) is 21.4. The number of aromatic nitrogens is 2. The molecule has 3 heterocycles. The lowest BCUT2D eigenvalue weighted by Crippen LogP contribution is -2.53. The molecule has 0 N–H and O–H groups in total. The van der Waals surface area contributed by atoms with Crippen molar-refractivity contribution in [2.24, 2.45) is 5.41 Å². The summed E-state index contributed by atoms with van der Waals surface area (Å²) < 4.78 is 2.02. The summed E-state index contributed by atoms with van der Waals surface area (Å²) in [6.45, 7) is 8.13. The van der Waals surface area contributed by atoms with Crippen molar-refractivity contribution in [2.75, 3.05) is 26.2 Å².